The highest BCUT2D eigenvalue weighted by Crippen LogP contribution is 2.31. The van der Waals surface area contributed by atoms with Gasteiger partial charge in [0.1, 0.15) is 16.3 Å². The number of sulfonamides is 1. The van der Waals surface area contributed by atoms with Crippen molar-refractivity contribution in [1.29, 1.82) is 0 Å². The largest absolute Gasteiger partial charge is 0.467 e. The lowest BCUT2D eigenvalue weighted by Gasteiger charge is -2.33. The van der Waals surface area contributed by atoms with E-state index in [9.17, 15) is 22.8 Å². The molecule has 2 amide bonds. The summed E-state index contributed by atoms with van der Waals surface area (Å²) in [6, 6.07) is 5.07. The summed E-state index contributed by atoms with van der Waals surface area (Å²) in [6.45, 7) is 0.569. The van der Waals surface area contributed by atoms with Gasteiger partial charge in [0.05, 0.1) is 13.7 Å². The highest BCUT2D eigenvalue weighted by molar-refractivity contribution is 7.91. The van der Waals surface area contributed by atoms with Crippen molar-refractivity contribution in [3.8, 4) is 0 Å². The van der Waals surface area contributed by atoms with Gasteiger partial charge in [0.25, 0.3) is 10.0 Å². The van der Waals surface area contributed by atoms with Crippen LogP contribution in [0.1, 0.15) is 25.7 Å². The molecule has 3 heterocycles. The van der Waals surface area contributed by atoms with Gasteiger partial charge in [0, 0.05) is 22.8 Å². The van der Waals surface area contributed by atoms with Crippen molar-refractivity contribution >= 4 is 60.8 Å². The van der Waals surface area contributed by atoms with Gasteiger partial charge in [-0.15, -0.1) is 11.3 Å². The third-order valence-electron chi connectivity index (χ3n) is 5.92. The Morgan fingerprint density at radius 3 is 2.73 bits per heavy atom. The first kappa shape index (κ1) is 23.9. The second-order valence-corrected chi connectivity index (χ2v) is 11.6. The van der Waals surface area contributed by atoms with Crippen molar-refractivity contribution in [2.45, 2.75) is 42.0 Å². The minimum Gasteiger partial charge on any atom is -0.467 e. The summed E-state index contributed by atoms with van der Waals surface area (Å²) < 4.78 is 34.0. The maximum atomic E-state index is 13.0. The normalized spacial score (nSPS) is 21.6. The maximum Gasteiger partial charge on any atom is 0.328 e. The van der Waals surface area contributed by atoms with Crippen LogP contribution >= 0.6 is 22.9 Å². The number of nitrogens with zero attached hydrogens (tertiary/aromatic N) is 2. The van der Waals surface area contributed by atoms with Gasteiger partial charge >= 0.3 is 5.97 Å². The van der Waals surface area contributed by atoms with E-state index in [0.29, 0.717) is 43.8 Å². The fourth-order valence-corrected chi connectivity index (χ4v) is 7.18. The number of carbonyl (C=O) groups excluding carboxylic acids is 3. The molecular formula is C21H24ClN3O6S2. The van der Waals surface area contributed by atoms with Crippen LogP contribution in [-0.4, -0.2) is 74.8 Å². The van der Waals surface area contributed by atoms with Gasteiger partial charge in [-0.3, -0.25) is 9.59 Å². The van der Waals surface area contributed by atoms with Gasteiger partial charge in [-0.25, -0.2) is 13.2 Å². The number of thiophene rings is 1. The Labute approximate surface area is 200 Å². The van der Waals surface area contributed by atoms with Crippen LogP contribution in [0, 0.1) is 0 Å². The summed E-state index contributed by atoms with van der Waals surface area (Å²) in [5.74, 6) is -1.27. The number of rotatable bonds is 6. The van der Waals surface area contributed by atoms with Gasteiger partial charge in [-0.2, -0.15) is 4.72 Å². The van der Waals surface area contributed by atoms with Crippen molar-refractivity contribution in [3.63, 3.8) is 0 Å². The van der Waals surface area contributed by atoms with Crippen molar-refractivity contribution in [1.82, 2.24) is 14.5 Å². The highest BCUT2D eigenvalue weighted by Gasteiger charge is 2.38. The van der Waals surface area contributed by atoms with Crippen LogP contribution in [0.25, 0.3) is 10.1 Å². The van der Waals surface area contributed by atoms with E-state index in [1.165, 1.54) is 16.9 Å². The summed E-state index contributed by atoms with van der Waals surface area (Å²) in [7, 11) is -2.66. The topological polar surface area (TPSA) is 113 Å². The summed E-state index contributed by atoms with van der Waals surface area (Å²) >= 11 is 7.07. The van der Waals surface area contributed by atoms with E-state index in [1.54, 1.807) is 24.3 Å². The number of halogens is 1. The van der Waals surface area contributed by atoms with Crippen molar-refractivity contribution in [2.75, 3.05) is 26.7 Å². The molecule has 2 aliphatic rings. The summed E-state index contributed by atoms with van der Waals surface area (Å²) in [4.78, 5) is 40.5. The first-order valence-electron chi connectivity index (χ1n) is 10.6. The van der Waals surface area contributed by atoms with Gasteiger partial charge in [0.15, 0.2) is 0 Å². The number of esters is 1. The number of piperidine rings is 1. The van der Waals surface area contributed by atoms with E-state index in [4.69, 9.17) is 16.3 Å². The molecule has 1 aromatic heterocycles. The Morgan fingerprint density at radius 1 is 1.21 bits per heavy atom. The fraction of sp³-hybridized carbons (Fsp3) is 0.476. The molecule has 12 heteroatoms. The monoisotopic (exact) mass is 513 g/mol. The molecule has 2 atom stereocenters. The van der Waals surface area contributed by atoms with Gasteiger partial charge in [0.2, 0.25) is 11.8 Å². The van der Waals surface area contributed by atoms with Crippen LogP contribution in [0.5, 0.6) is 0 Å². The zero-order valence-corrected chi connectivity index (χ0v) is 20.3. The molecule has 0 spiro atoms. The molecule has 1 unspecified atom stereocenters. The summed E-state index contributed by atoms with van der Waals surface area (Å²) in [5, 5.41) is 1.26. The molecule has 0 saturated carbocycles. The number of benzene rings is 1. The van der Waals surface area contributed by atoms with Gasteiger partial charge in [-0.05, 0) is 49.3 Å². The lowest BCUT2D eigenvalue weighted by Crippen LogP contribution is -2.55. The number of likely N-dealkylation sites (tertiary alicyclic amines) is 2. The SMILES string of the molecule is COC(=O)C1CCCN1C(=O)CN1CCC[C@H](NS(=O)(=O)c2cc3ccc(Cl)cc3s2)C1=O. The number of amides is 2. The fourth-order valence-electron chi connectivity index (χ4n) is 4.27. The second-order valence-electron chi connectivity index (χ2n) is 8.09. The number of carbonyl (C=O) groups is 3. The number of hydrogen-bond acceptors (Lipinski definition) is 7. The van der Waals surface area contributed by atoms with E-state index in [1.807, 2.05) is 0 Å². The Balaban J connectivity index is 1.44. The molecule has 2 aliphatic heterocycles. The zero-order valence-electron chi connectivity index (χ0n) is 18.0. The third kappa shape index (κ3) is 5.01. The molecule has 9 nitrogen and oxygen atoms in total. The molecule has 4 rings (SSSR count). The Hall–Kier alpha value is -2.21. The molecule has 0 aliphatic carbocycles. The quantitative estimate of drug-likeness (QED) is 0.591. The molecule has 2 aromatic rings. The number of methoxy groups -OCH3 is 1. The van der Waals surface area contributed by atoms with E-state index in [2.05, 4.69) is 4.72 Å². The number of nitrogens with one attached hydrogen (secondary N) is 1. The maximum absolute atomic E-state index is 13.0. The van der Waals surface area contributed by atoms with Crippen LogP contribution in [0.4, 0.5) is 0 Å². The average Bonchev–Trinajstić information content (AvgIpc) is 3.43. The van der Waals surface area contributed by atoms with Gasteiger partial charge in [-0.1, -0.05) is 17.7 Å². The predicted molar refractivity (Wildman–Crippen MR) is 124 cm³/mol. The third-order valence-corrected chi connectivity index (χ3v) is 9.20. The van der Waals surface area contributed by atoms with Crippen LogP contribution in [-0.2, 0) is 29.1 Å². The molecule has 33 heavy (non-hydrogen) atoms. The van der Waals surface area contributed by atoms with E-state index < -0.39 is 34.0 Å². The molecule has 1 N–H and O–H groups in total. The van der Waals surface area contributed by atoms with Crippen molar-refractivity contribution in [2.24, 2.45) is 0 Å². The summed E-state index contributed by atoms with van der Waals surface area (Å²) in [6.07, 6.45) is 2.10. The van der Waals surface area contributed by atoms with Crippen LogP contribution in [0.3, 0.4) is 0 Å². The molecular weight excluding hydrogens is 490 g/mol. The number of ether oxygens (including phenoxy) is 1. The Bertz CT molecular complexity index is 1200. The van der Waals surface area contributed by atoms with E-state index in [0.717, 1.165) is 21.4 Å². The highest BCUT2D eigenvalue weighted by atomic mass is 35.5. The van der Waals surface area contributed by atoms with Crippen LogP contribution in [0.15, 0.2) is 28.5 Å². The second kappa shape index (κ2) is 9.57. The smallest absolute Gasteiger partial charge is 0.328 e. The van der Waals surface area contributed by atoms with Crippen LogP contribution in [0.2, 0.25) is 5.02 Å². The molecule has 178 valence electrons. The lowest BCUT2D eigenvalue weighted by molar-refractivity contribution is -0.152. The molecule has 2 saturated heterocycles. The number of fused-ring (bicyclic) bond motifs is 1. The number of hydrogen-bond donors (Lipinski definition) is 1. The minimum atomic E-state index is -3.94. The lowest BCUT2D eigenvalue weighted by atomic mass is 10.1. The van der Waals surface area contributed by atoms with E-state index in [-0.39, 0.29) is 16.7 Å². The van der Waals surface area contributed by atoms with E-state index >= 15 is 0 Å². The zero-order chi connectivity index (χ0) is 23.8. The first-order valence-corrected chi connectivity index (χ1v) is 13.2. The molecule has 0 radical (unpaired) electrons. The van der Waals surface area contributed by atoms with Gasteiger partial charge < -0.3 is 14.5 Å². The van der Waals surface area contributed by atoms with Crippen molar-refractivity contribution in [3.05, 3.63) is 29.3 Å². The predicted octanol–water partition coefficient (Wildman–Crippen LogP) is 1.99. The Kier molecular flexibility index (Phi) is 6.94. The Morgan fingerprint density at radius 2 is 1.97 bits per heavy atom. The first-order chi connectivity index (χ1) is 15.7. The van der Waals surface area contributed by atoms with Crippen LogP contribution < -0.4 is 4.72 Å². The standard InChI is InChI=1S/C21H24ClN3O6S2/c1-31-21(28)16-5-3-9-25(16)18(26)12-24-8-2-4-15(20(24)27)23-33(29,30)19-10-13-6-7-14(22)11-17(13)32-19/h6-7,10-11,15-16,23H,2-5,8-9,12H2,1H3/t15-,16?/m0/s1. The molecule has 2 fully saturated rings. The summed E-state index contributed by atoms with van der Waals surface area (Å²) in [5.41, 5.74) is 0. The molecule has 0 bridgehead atoms. The molecule has 1 aromatic carbocycles. The average molecular weight is 514 g/mol. The minimum absolute atomic E-state index is 0.0961. The van der Waals surface area contributed by atoms with Crippen molar-refractivity contribution < 1.29 is 27.5 Å².